The monoisotopic (exact) mass is 514 g/mol. The maximum absolute atomic E-state index is 9.36. The summed E-state index contributed by atoms with van der Waals surface area (Å²) in [5.41, 5.74) is 1.16. The van der Waals surface area contributed by atoms with Crippen molar-refractivity contribution in [1.82, 2.24) is 25.4 Å². The zero-order chi connectivity index (χ0) is 20.4. The largest absolute Gasteiger partial charge is 0.396 e. The highest BCUT2D eigenvalue weighted by atomic mass is 127. The van der Waals surface area contributed by atoms with Crippen LogP contribution in [-0.2, 0) is 20.1 Å². The van der Waals surface area contributed by atoms with Crippen LogP contribution in [0.4, 0.5) is 0 Å². The van der Waals surface area contributed by atoms with Crippen molar-refractivity contribution in [2.24, 2.45) is 23.9 Å². The van der Waals surface area contributed by atoms with Crippen molar-refractivity contribution in [3.63, 3.8) is 0 Å². The van der Waals surface area contributed by atoms with Gasteiger partial charge in [-0.3, -0.25) is 0 Å². The summed E-state index contributed by atoms with van der Waals surface area (Å²) in [7, 11) is 1.96. The van der Waals surface area contributed by atoms with Gasteiger partial charge in [-0.15, -0.1) is 34.2 Å². The number of aryl methyl sites for hydroxylation is 1. The van der Waals surface area contributed by atoms with Crippen LogP contribution in [0.25, 0.3) is 0 Å². The third-order valence-corrected chi connectivity index (χ3v) is 4.76. The third kappa shape index (κ3) is 9.12. The Balaban J connectivity index is 0.00000420. The van der Waals surface area contributed by atoms with Gasteiger partial charge in [-0.05, 0) is 37.2 Å². The van der Waals surface area contributed by atoms with Crippen LogP contribution in [0.3, 0.4) is 0 Å². The van der Waals surface area contributed by atoms with Crippen molar-refractivity contribution in [2.45, 2.75) is 46.7 Å². The number of halogens is 1. The first-order valence-electron chi connectivity index (χ1n) is 10.0. The van der Waals surface area contributed by atoms with Crippen molar-refractivity contribution in [3.8, 4) is 0 Å². The Morgan fingerprint density at radius 3 is 2.48 bits per heavy atom. The van der Waals surface area contributed by atoms with Crippen LogP contribution in [0.1, 0.15) is 43.9 Å². The summed E-state index contributed by atoms with van der Waals surface area (Å²) in [5, 5.41) is 24.5. The molecule has 7 nitrogen and oxygen atoms in total. The lowest BCUT2D eigenvalue weighted by Crippen LogP contribution is -2.40. The first-order valence-corrected chi connectivity index (χ1v) is 10.0. The molecule has 0 saturated carbocycles. The predicted molar refractivity (Wildman–Crippen MR) is 128 cm³/mol. The van der Waals surface area contributed by atoms with Crippen LogP contribution in [0.15, 0.2) is 35.3 Å². The van der Waals surface area contributed by atoms with Gasteiger partial charge in [-0.25, -0.2) is 4.99 Å². The molecule has 0 amide bonds. The molecule has 0 aliphatic rings. The van der Waals surface area contributed by atoms with E-state index in [-0.39, 0.29) is 30.6 Å². The Morgan fingerprint density at radius 1 is 1.17 bits per heavy atom. The SMILES string of the molecule is Cc1nnc(CNC(=NCc2ccccc2)NCC(CCO)CC(C)C)n1C.I. The second-order valence-electron chi connectivity index (χ2n) is 7.62. The summed E-state index contributed by atoms with van der Waals surface area (Å²) in [5.74, 6) is 3.49. The van der Waals surface area contributed by atoms with E-state index < -0.39 is 0 Å². The molecule has 0 fully saturated rings. The maximum Gasteiger partial charge on any atom is 0.191 e. The number of aromatic nitrogens is 3. The van der Waals surface area contributed by atoms with Crippen LogP contribution in [0, 0.1) is 18.8 Å². The molecule has 2 aromatic rings. The first-order chi connectivity index (χ1) is 13.5. The molecular formula is C21H35IN6O. The van der Waals surface area contributed by atoms with E-state index in [1.54, 1.807) is 0 Å². The van der Waals surface area contributed by atoms with Gasteiger partial charge < -0.3 is 20.3 Å². The van der Waals surface area contributed by atoms with Crippen molar-refractivity contribution < 1.29 is 5.11 Å². The molecule has 0 spiro atoms. The van der Waals surface area contributed by atoms with Crippen LogP contribution in [0.5, 0.6) is 0 Å². The minimum absolute atomic E-state index is 0. The minimum Gasteiger partial charge on any atom is -0.396 e. The van der Waals surface area contributed by atoms with E-state index in [1.165, 1.54) is 0 Å². The average molecular weight is 514 g/mol. The Bertz CT molecular complexity index is 732. The number of aliphatic imine (C=N–C) groups is 1. The molecule has 1 aromatic carbocycles. The van der Waals surface area contributed by atoms with Gasteiger partial charge in [0.1, 0.15) is 5.82 Å². The summed E-state index contributed by atoms with van der Waals surface area (Å²) < 4.78 is 1.97. The van der Waals surface area contributed by atoms with E-state index in [0.29, 0.717) is 24.9 Å². The second-order valence-corrected chi connectivity index (χ2v) is 7.62. The molecule has 1 aromatic heterocycles. The second kappa shape index (κ2) is 13.5. The standard InChI is InChI=1S/C21H34N6O.HI/c1-16(2)12-19(10-11-28)14-23-21(22-13-18-8-6-5-7-9-18)24-15-20-26-25-17(3)27(20)4;/h5-9,16,19,28H,10-15H2,1-4H3,(H2,22,23,24);1H. The van der Waals surface area contributed by atoms with Crippen molar-refractivity contribution in [1.29, 1.82) is 0 Å². The average Bonchev–Trinajstić information content (AvgIpc) is 3.00. The molecule has 1 heterocycles. The number of rotatable bonds is 10. The Morgan fingerprint density at radius 2 is 1.90 bits per heavy atom. The summed E-state index contributed by atoms with van der Waals surface area (Å²) in [4.78, 5) is 4.73. The lowest BCUT2D eigenvalue weighted by atomic mass is 9.94. The predicted octanol–water partition coefficient (Wildman–Crippen LogP) is 3.02. The number of hydrogen-bond donors (Lipinski definition) is 3. The fourth-order valence-electron chi connectivity index (χ4n) is 3.09. The molecule has 29 heavy (non-hydrogen) atoms. The Labute approximate surface area is 191 Å². The number of aliphatic hydroxyl groups excluding tert-OH is 1. The van der Waals surface area contributed by atoms with Crippen LogP contribution in [-0.4, -0.2) is 39.0 Å². The van der Waals surface area contributed by atoms with E-state index in [0.717, 1.165) is 42.6 Å². The van der Waals surface area contributed by atoms with Gasteiger partial charge in [0, 0.05) is 20.2 Å². The van der Waals surface area contributed by atoms with Crippen molar-refractivity contribution >= 4 is 29.9 Å². The summed E-state index contributed by atoms with van der Waals surface area (Å²) in [6.07, 6.45) is 1.86. The quantitative estimate of drug-likeness (QED) is 0.258. The molecule has 1 unspecified atom stereocenters. The van der Waals surface area contributed by atoms with Crippen LogP contribution < -0.4 is 10.6 Å². The van der Waals surface area contributed by atoms with Crippen LogP contribution >= 0.6 is 24.0 Å². The molecule has 0 bridgehead atoms. The number of hydrogen-bond acceptors (Lipinski definition) is 4. The van der Waals surface area contributed by atoms with E-state index >= 15 is 0 Å². The zero-order valence-electron chi connectivity index (χ0n) is 17.9. The fourth-order valence-corrected chi connectivity index (χ4v) is 3.09. The number of benzene rings is 1. The Hall–Kier alpha value is -1.68. The van der Waals surface area contributed by atoms with Gasteiger partial charge in [0.05, 0.1) is 13.1 Å². The van der Waals surface area contributed by atoms with Gasteiger partial charge >= 0.3 is 0 Å². The molecule has 3 N–H and O–H groups in total. The normalized spacial score (nSPS) is 12.6. The summed E-state index contributed by atoms with van der Waals surface area (Å²) in [6, 6.07) is 10.2. The molecule has 0 radical (unpaired) electrons. The van der Waals surface area contributed by atoms with E-state index in [2.05, 4.69) is 46.8 Å². The minimum atomic E-state index is 0. The zero-order valence-corrected chi connectivity index (χ0v) is 20.3. The number of aliphatic hydroxyl groups is 1. The van der Waals surface area contributed by atoms with E-state index in [4.69, 9.17) is 4.99 Å². The number of nitrogens with zero attached hydrogens (tertiary/aromatic N) is 4. The molecule has 0 aliphatic carbocycles. The molecular weight excluding hydrogens is 479 g/mol. The Kier molecular flexibility index (Phi) is 11.8. The highest BCUT2D eigenvalue weighted by Crippen LogP contribution is 2.14. The maximum atomic E-state index is 9.36. The number of nitrogens with one attached hydrogen (secondary N) is 2. The molecule has 162 valence electrons. The van der Waals surface area contributed by atoms with Crippen molar-refractivity contribution in [2.75, 3.05) is 13.2 Å². The lowest BCUT2D eigenvalue weighted by Gasteiger charge is -2.20. The first kappa shape index (κ1) is 25.4. The fraction of sp³-hybridized carbons (Fsp3) is 0.571. The molecule has 8 heteroatoms. The summed E-state index contributed by atoms with van der Waals surface area (Å²) in [6.45, 7) is 8.49. The summed E-state index contributed by atoms with van der Waals surface area (Å²) >= 11 is 0. The smallest absolute Gasteiger partial charge is 0.191 e. The van der Waals surface area contributed by atoms with E-state index in [9.17, 15) is 5.11 Å². The van der Waals surface area contributed by atoms with Gasteiger partial charge in [0.2, 0.25) is 0 Å². The molecule has 2 rings (SSSR count). The molecule has 0 aliphatic heterocycles. The van der Waals surface area contributed by atoms with Crippen molar-refractivity contribution in [3.05, 3.63) is 47.5 Å². The topological polar surface area (TPSA) is 87.4 Å². The van der Waals surface area contributed by atoms with E-state index in [1.807, 2.05) is 36.7 Å². The highest BCUT2D eigenvalue weighted by Gasteiger charge is 2.12. The molecule has 0 saturated heterocycles. The third-order valence-electron chi connectivity index (χ3n) is 4.76. The number of guanidine groups is 1. The van der Waals surface area contributed by atoms with Gasteiger partial charge in [0.15, 0.2) is 11.8 Å². The van der Waals surface area contributed by atoms with Gasteiger partial charge in [0.25, 0.3) is 0 Å². The van der Waals surface area contributed by atoms with Crippen LogP contribution in [0.2, 0.25) is 0 Å². The lowest BCUT2D eigenvalue weighted by molar-refractivity contribution is 0.243. The van der Waals surface area contributed by atoms with Gasteiger partial charge in [-0.2, -0.15) is 0 Å². The highest BCUT2D eigenvalue weighted by molar-refractivity contribution is 14.0. The molecule has 1 atom stereocenters. The van der Waals surface area contributed by atoms with Gasteiger partial charge in [-0.1, -0.05) is 44.2 Å².